The monoisotopic (exact) mass is 404 g/mol. The Morgan fingerprint density at radius 2 is 1.11 bits per heavy atom. The first-order valence-electron chi connectivity index (χ1n) is 10.9. The number of aliphatic carboxylic acids is 1. The van der Waals surface area contributed by atoms with Gasteiger partial charge < -0.3 is 25.5 Å². The van der Waals surface area contributed by atoms with Crippen molar-refractivity contribution in [3.8, 4) is 0 Å². The molecule has 0 aromatic carbocycles. The highest BCUT2D eigenvalue weighted by atomic mass is 16.4. The van der Waals surface area contributed by atoms with E-state index < -0.39 is 31.4 Å². The molecule has 6 nitrogen and oxygen atoms in total. The molecule has 0 amide bonds. The number of rotatable bonds is 18. The first-order chi connectivity index (χ1) is 13.5. The zero-order valence-corrected chi connectivity index (χ0v) is 17.8. The quantitative estimate of drug-likeness (QED) is 0.175. The Kier molecular flexibility index (Phi) is 25.2. The van der Waals surface area contributed by atoms with Gasteiger partial charge in [0, 0.05) is 6.42 Å². The van der Waals surface area contributed by atoms with Crippen molar-refractivity contribution in [1.82, 2.24) is 0 Å². The van der Waals surface area contributed by atoms with Crippen LogP contribution in [0.25, 0.3) is 0 Å². The van der Waals surface area contributed by atoms with Crippen LogP contribution in [-0.2, 0) is 4.79 Å². The topological polar surface area (TPSA) is 118 Å². The van der Waals surface area contributed by atoms with Gasteiger partial charge in [0.2, 0.25) is 0 Å². The second-order valence-electron chi connectivity index (χ2n) is 7.23. The Hall–Kier alpha value is -0.950. The van der Waals surface area contributed by atoms with Gasteiger partial charge in [0.05, 0.1) is 13.2 Å². The molecule has 0 heterocycles. The van der Waals surface area contributed by atoms with Crippen molar-refractivity contribution in [2.75, 3.05) is 13.2 Å². The molecule has 168 valence electrons. The van der Waals surface area contributed by atoms with Gasteiger partial charge in [-0.3, -0.25) is 4.79 Å². The first-order valence-corrected chi connectivity index (χ1v) is 10.9. The van der Waals surface area contributed by atoms with E-state index in [1.54, 1.807) is 0 Å². The molecule has 5 N–H and O–H groups in total. The Balaban J connectivity index is 0. The summed E-state index contributed by atoms with van der Waals surface area (Å²) in [6.07, 6.45) is 18.8. The van der Waals surface area contributed by atoms with Crippen LogP contribution >= 0.6 is 0 Å². The Labute approximate surface area is 171 Å². The van der Waals surface area contributed by atoms with E-state index in [-0.39, 0.29) is 0 Å². The van der Waals surface area contributed by atoms with Crippen LogP contribution < -0.4 is 0 Å². The lowest BCUT2D eigenvalue weighted by Crippen LogP contribution is -2.31. The average molecular weight is 405 g/mol. The van der Waals surface area contributed by atoms with Crippen LogP contribution in [0.1, 0.15) is 96.8 Å². The van der Waals surface area contributed by atoms with Crippen molar-refractivity contribution in [1.29, 1.82) is 0 Å². The number of carbonyl (C=O) groups is 1. The summed E-state index contributed by atoms with van der Waals surface area (Å²) in [7, 11) is 0. The largest absolute Gasteiger partial charge is 0.481 e. The number of aliphatic hydroxyl groups is 4. The molecular weight excluding hydrogens is 360 g/mol. The maximum atomic E-state index is 10.3. The summed E-state index contributed by atoms with van der Waals surface area (Å²) in [6, 6.07) is 0. The zero-order chi connectivity index (χ0) is 21.5. The van der Waals surface area contributed by atoms with E-state index in [0.717, 1.165) is 12.8 Å². The van der Waals surface area contributed by atoms with Crippen molar-refractivity contribution in [3.05, 3.63) is 12.2 Å². The SMILES string of the molecule is CCCCCCCC/C=C\CCCCCCCC(=O)O.OCC(O)C(O)CO. The number of hydrogen-bond acceptors (Lipinski definition) is 5. The third-order valence-electron chi connectivity index (χ3n) is 4.47. The Morgan fingerprint density at radius 1 is 0.714 bits per heavy atom. The predicted molar refractivity (Wildman–Crippen MR) is 113 cm³/mol. The highest BCUT2D eigenvalue weighted by Crippen LogP contribution is 2.09. The number of carboxylic acid groups (broad SMARTS) is 1. The lowest BCUT2D eigenvalue weighted by atomic mass is 10.1. The highest BCUT2D eigenvalue weighted by molar-refractivity contribution is 5.66. The number of allylic oxidation sites excluding steroid dienone is 2. The minimum atomic E-state index is -1.22. The van der Waals surface area contributed by atoms with Gasteiger partial charge >= 0.3 is 5.97 Å². The molecule has 0 saturated heterocycles. The molecule has 0 bridgehead atoms. The van der Waals surface area contributed by atoms with Gasteiger partial charge in [0.15, 0.2) is 0 Å². The molecule has 0 aromatic heterocycles. The third kappa shape index (κ3) is 25.1. The summed E-state index contributed by atoms with van der Waals surface area (Å²) >= 11 is 0. The van der Waals surface area contributed by atoms with E-state index in [0.29, 0.717) is 6.42 Å². The molecule has 6 heteroatoms. The molecule has 0 aromatic rings. The summed E-state index contributed by atoms with van der Waals surface area (Å²) in [5.41, 5.74) is 0. The summed E-state index contributed by atoms with van der Waals surface area (Å²) in [4.78, 5) is 10.3. The minimum Gasteiger partial charge on any atom is -0.481 e. The fourth-order valence-corrected chi connectivity index (χ4v) is 2.59. The van der Waals surface area contributed by atoms with Crippen molar-refractivity contribution < 1.29 is 30.3 Å². The molecule has 28 heavy (non-hydrogen) atoms. The van der Waals surface area contributed by atoms with E-state index >= 15 is 0 Å². The number of hydrogen-bond donors (Lipinski definition) is 5. The van der Waals surface area contributed by atoms with Gasteiger partial charge in [0.25, 0.3) is 0 Å². The van der Waals surface area contributed by atoms with Crippen LogP contribution in [0.15, 0.2) is 12.2 Å². The molecule has 0 saturated carbocycles. The molecule has 2 unspecified atom stereocenters. The Morgan fingerprint density at radius 3 is 1.50 bits per heavy atom. The van der Waals surface area contributed by atoms with Crippen molar-refractivity contribution in [2.45, 2.75) is 109 Å². The van der Waals surface area contributed by atoms with Crippen LogP contribution in [0.2, 0.25) is 0 Å². The van der Waals surface area contributed by atoms with E-state index in [2.05, 4.69) is 19.1 Å². The van der Waals surface area contributed by atoms with Crippen LogP contribution in [0.5, 0.6) is 0 Å². The molecule has 0 radical (unpaired) electrons. The van der Waals surface area contributed by atoms with E-state index in [1.165, 1.54) is 70.6 Å². The molecule has 0 fully saturated rings. The van der Waals surface area contributed by atoms with Crippen LogP contribution in [0.3, 0.4) is 0 Å². The zero-order valence-electron chi connectivity index (χ0n) is 17.8. The van der Waals surface area contributed by atoms with Crippen LogP contribution in [0.4, 0.5) is 0 Å². The van der Waals surface area contributed by atoms with E-state index in [4.69, 9.17) is 25.5 Å². The van der Waals surface area contributed by atoms with E-state index in [9.17, 15) is 4.79 Å². The average Bonchev–Trinajstić information content (AvgIpc) is 2.69. The molecule has 0 aliphatic heterocycles. The fourth-order valence-electron chi connectivity index (χ4n) is 2.59. The lowest BCUT2D eigenvalue weighted by Gasteiger charge is -2.10. The number of unbranched alkanes of at least 4 members (excludes halogenated alkanes) is 11. The minimum absolute atomic E-state index is 0.332. The smallest absolute Gasteiger partial charge is 0.303 e. The predicted octanol–water partition coefficient (Wildman–Crippen LogP) is 3.80. The molecule has 0 rings (SSSR count). The molecule has 0 aliphatic rings. The summed E-state index contributed by atoms with van der Waals surface area (Å²) < 4.78 is 0. The summed E-state index contributed by atoms with van der Waals surface area (Å²) in [5, 5.41) is 41.7. The van der Waals surface area contributed by atoms with E-state index in [1.807, 2.05) is 0 Å². The fraction of sp³-hybridized carbons (Fsp3) is 0.864. The van der Waals surface area contributed by atoms with Crippen LogP contribution in [-0.4, -0.2) is 56.9 Å². The number of aliphatic hydroxyl groups excluding tert-OH is 4. The van der Waals surface area contributed by atoms with Gasteiger partial charge in [-0.05, 0) is 32.1 Å². The van der Waals surface area contributed by atoms with Gasteiger partial charge in [-0.1, -0.05) is 70.4 Å². The van der Waals surface area contributed by atoms with Crippen molar-refractivity contribution in [3.63, 3.8) is 0 Å². The standard InChI is InChI=1S/C18H34O2.C4H10O4/c1-2-3-4-5-6-7-8-9-10-11-12-13-14-15-16-17-18(19)20;5-1-3(7)4(8)2-6/h9-10H,2-8,11-17H2,1H3,(H,19,20);3-8H,1-2H2/b10-9-;. The maximum Gasteiger partial charge on any atom is 0.303 e. The molecule has 0 aliphatic carbocycles. The number of carboxylic acids is 1. The third-order valence-corrected chi connectivity index (χ3v) is 4.47. The highest BCUT2D eigenvalue weighted by Gasteiger charge is 2.12. The maximum absolute atomic E-state index is 10.3. The first kappa shape index (κ1) is 29.3. The van der Waals surface area contributed by atoms with Crippen molar-refractivity contribution in [2.24, 2.45) is 0 Å². The van der Waals surface area contributed by atoms with Gasteiger partial charge in [-0.15, -0.1) is 0 Å². The van der Waals surface area contributed by atoms with Gasteiger partial charge in [0.1, 0.15) is 12.2 Å². The Bertz CT molecular complexity index is 338. The molecular formula is C22H44O6. The van der Waals surface area contributed by atoms with Gasteiger partial charge in [-0.2, -0.15) is 0 Å². The normalized spacial score (nSPS) is 13.2. The molecule has 0 spiro atoms. The molecule has 2 atom stereocenters. The second-order valence-corrected chi connectivity index (χ2v) is 7.23. The van der Waals surface area contributed by atoms with Crippen molar-refractivity contribution >= 4 is 5.97 Å². The van der Waals surface area contributed by atoms with Crippen LogP contribution in [0, 0.1) is 0 Å². The lowest BCUT2D eigenvalue weighted by molar-refractivity contribution is -0.137. The summed E-state index contributed by atoms with van der Waals surface area (Å²) in [5.74, 6) is -0.664. The van der Waals surface area contributed by atoms with Gasteiger partial charge in [-0.25, -0.2) is 0 Å². The second kappa shape index (κ2) is 24.1. The summed E-state index contributed by atoms with van der Waals surface area (Å²) in [6.45, 7) is 1.21.